The molecule has 0 bridgehead atoms. The van der Waals surface area contributed by atoms with Crippen LogP contribution < -0.4 is 0 Å². The fourth-order valence-corrected chi connectivity index (χ4v) is 3.43. The number of rotatable bonds is 4. The highest BCUT2D eigenvalue weighted by molar-refractivity contribution is 6.17. The summed E-state index contributed by atoms with van der Waals surface area (Å²) in [5.41, 5.74) is 5.78. The molecule has 1 aliphatic rings. The first-order chi connectivity index (χ1) is 14.3. The summed E-state index contributed by atoms with van der Waals surface area (Å²) in [5, 5.41) is 2.45. The summed E-state index contributed by atoms with van der Waals surface area (Å²) < 4.78 is 0. The van der Waals surface area contributed by atoms with Crippen LogP contribution in [-0.2, 0) is 0 Å². The predicted octanol–water partition coefficient (Wildman–Crippen LogP) is 7.32. The first-order valence-electron chi connectivity index (χ1n) is 9.39. The Morgan fingerprint density at radius 3 is 2.24 bits per heavy atom. The maximum absolute atomic E-state index is 4.96. The molecule has 1 aliphatic carbocycles. The molecule has 0 aromatic heterocycles. The quantitative estimate of drug-likeness (QED) is 0.250. The fourth-order valence-electron chi connectivity index (χ4n) is 3.43. The lowest BCUT2D eigenvalue weighted by Crippen LogP contribution is -1.92. The number of fused-ring (bicyclic) bond motifs is 1. The molecule has 29 heavy (non-hydrogen) atoms. The van der Waals surface area contributed by atoms with E-state index in [4.69, 9.17) is 11.6 Å². The zero-order valence-electron chi connectivity index (χ0n) is 16.3. The van der Waals surface area contributed by atoms with Crippen LogP contribution in [0.2, 0.25) is 0 Å². The Kier molecular flexibility index (Phi) is 7.32. The summed E-state index contributed by atoms with van der Waals surface area (Å²) in [6, 6.07) is 23.7. The first kappa shape index (κ1) is 20.5. The van der Waals surface area contributed by atoms with Crippen LogP contribution >= 0.6 is 11.6 Å². The second-order valence-electron chi connectivity index (χ2n) is 6.44. The molecule has 0 saturated carbocycles. The van der Waals surface area contributed by atoms with E-state index in [1.54, 1.807) is 0 Å². The summed E-state index contributed by atoms with van der Waals surface area (Å²) >= 11 is 4.96. The van der Waals surface area contributed by atoms with Crippen molar-refractivity contribution in [2.24, 2.45) is 9.98 Å². The van der Waals surface area contributed by atoms with E-state index in [0.29, 0.717) is 6.00 Å². The molecule has 0 radical (unpaired) electrons. The molecule has 3 aromatic rings. The molecule has 0 saturated heterocycles. The third-order valence-electron chi connectivity index (χ3n) is 4.69. The molecule has 0 spiro atoms. The van der Waals surface area contributed by atoms with E-state index in [0.717, 1.165) is 17.7 Å². The molecule has 0 atom stereocenters. The highest BCUT2D eigenvalue weighted by atomic mass is 35.5. The van der Waals surface area contributed by atoms with E-state index in [-0.39, 0.29) is 0 Å². The third-order valence-corrected chi connectivity index (χ3v) is 4.86. The summed E-state index contributed by atoms with van der Waals surface area (Å²) in [6.07, 6.45) is 9.30. The molecule has 2 nitrogen and oxygen atoms in total. The monoisotopic (exact) mass is 398 g/mol. The van der Waals surface area contributed by atoms with E-state index in [9.17, 15) is 0 Å². The molecule has 0 heterocycles. The minimum Gasteiger partial charge on any atom is -0.285 e. The molecular weight excluding hydrogens is 376 g/mol. The number of benzene rings is 3. The van der Waals surface area contributed by atoms with Crippen LogP contribution in [0.1, 0.15) is 12.0 Å². The second-order valence-corrected chi connectivity index (χ2v) is 6.68. The van der Waals surface area contributed by atoms with Crippen molar-refractivity contribution < 1.29 is 0 Å². The van der Waals surface area contributed by atoms with Crippen LogP contribution in [0.5, 0.6) is 0 Å². The minimum absolute atomic E-state index is 0.306. The number of hydrogen-bond acceptors (Lipinski definition) is 2. The van der Waals surface area contributed by atoms with E-state index in [1.165, 1.54) is 27.5 Å². The van der Waals surface area contributed by atoms with Crippen LogP contribution in [0.25, 0.3) is 27.6 Å². The van der Waals surface area contributed by atoms with E-state index in [1.807, 2.05) is 6.07 Å². The SMILES string of the molecule is C=N/C(=C1/C=CC=CC1)c1cccc2c(-c3ccccc3)cccc12.C=NCCl. The number of halogens is 1. The second kappa shape index (κ2) is 10.4. The zero-order valence-corrected chi connectivity index (χ0v) is 17.0. The first-order valence-corrected chi connectivity index (χ1v) is 9.92. The van der Waals surface area contributed by atoms with Gasteiger partial charge in [0.25, 0.3) is 0 Å². The summed E-state index contributed by atoms with van der Waals surface area (Å²) in [6.45, 7) is 6.93. The molecule has 3 heteroatoms. The van der Waals surface area contributed by atoms with Gasteiger partial charge < -0.3 is 0 Å². The highest BCUT2D eigenvalue weighted by Crippen LogP contribution is 2.35. The molecule has 4 rings (SSSR count). The van der Waals surface area contributed by atoms with Crippen molar-refractivity contribution in [3.05, 3.63) is 102 Å². The Hall–Kier alpha value is -3.23. The number of nitrogens with zero attached hydrogens (tertiary/aromatic N) is 2. The van der Waals surface area contributed by atoms with Crippen molar-refractivity contribution in [2.75, 3.05) is 6.00 Å². The lowest BCUT2D eigenvalue weighted by Gasteiger charge is -2.14. The molecular formula is C26H23ClN2. The van der Waals surface area contributed by atoms with Gasteiger partial charge in [-0.25, -0.2) is 0 Å². The summed E-state index contributed by atoms with van der Waals surface area (Å²) in [5.74, 6) is 0. The number of hydrogen-bond donors (Lipinski definition) is 0. The lowest BCUT2D eigenvalue weighted by molar-refractivity contribution is 1.25. The Morgan fingerprint density at radius 1 is 0.862 bits per heavy atom. The average molecular weight is 399 g/mol. The molecule has 0 aliphatic heterocycles. The van der Waals surface area contributed by atoms with Gasteiger partial charge in [-0.05, 0) is 47.3 Å². The smallest absolute Gasteiger partial charge is 0.112 e. The van der Waals surface area contributed by atoms with Gasteiger partial charge in [0, 0.05) is 5.56 Å². The average Bonchev–Trinajstić information content (AvgIpc) is 2.81. The van der Waals surface area contributed by atoms with Crippen LogP contribution in [0, 0.1) is 0 Å². The van der Waals surface area contributed by atoms with Crippen molar-refractivity contribution in [3.8, 4) is 11.1 Å². The van der Waals surface area contributed by atoms with Gasteiger partial charge in [-0.3, -0.25) is 9.98 Å². The van der Waals surface area contributed by atoms with Crippen LogP contribution in [0.4, 0.5) is 0 Å². The highest BCUT2D eigenvalue weighted by Gasteiger charge is 2.12. The van der Waals surface area contributed by atoms with Gasteiger partial charge in [-0.1, -0.05) is 91.0 Å². The van der Waals surface area contributed by atoms with E-state index in [2.05, 4.69) is 108 Å². The Morgan fingerprint density at radius 2 is 1.59 bits per heavy atom. The Balaban J connectivity index is 0.000000552. The van der Waals surface area contributed by atoms with Crippen molar-refractivity contribution in [1.29, 1.82) is 0 Å². The van der Waals surface area contributed by atoms with Crippen LogP contribution in [0.3, 0.4) is 0 Å². The normalized spacial score (nSPS) is 14.1. The van der Waals surface area contributed by atoms with Gasteiger partial charge in [-0.2, -0.15) is 0 Å². The van der Waals surface area contributed by atoms with Crippen molar-refractivity contribution in [2.45, 2.75) is 6.42 Å². The summed E-state index contributed by atoms with van der Waals surface area (Å²) in [4.78, 5) is 7.63. The van der Waals surface area contributed by atoms with Crippen molar-refractivity contribution >= 4 is 41.5 Å². The van der Waals surface area contributed by atoms with Gasteiger partial charge in [0.05, 0.1) is 5.70 Å². The summed E-state index contributed by atoms with van der Waals surface area (Å²) in [7, 11) is 0. The Labute approximate surface area is 177 Å². The minimum atomic E-state index is 0.306. The van der Waals surface area contributed by atoms with E-state index < -0.39 is 0 Å². The maximum Gasteiger partial charge on any atom is 0.112 e. The molecule has 144 valence electrons. The zero-order chi connectivity index (χ0) is 20.5. The standard InChI is InChI=1S/C24H19N.C2H4ClN/c1-25-24(19-12-6-3-7-13-19)23-17-9-15-21-20(14-8-16-22(21)23)18-10-4-2-5-11-18;1-4-2-3/h2-12,14-17H,1,13H2;1-2H2/b24-19-;. The predicted molar refractivity (Wildman–Crippen MR) is 129 cm³/mol. The van der Waals surface area contributed by atoms with Crippen molar-refractivity contribution in [1.82, 2.24) is 0 Å². The van der Waals surface area contributed by atoms with Crippen molar-refractivity contribution in [3.63, 3.8) is 0 Å². The number of aliphatic imine (C=N–C) groups is 2. The molecule has 3 aromatic carbocycles. The molecule has 0 fully saturated rings. The van der Waals surface area contributed by atoms with E-state index >= 15 is 0 Å². The largest absolute Gasteiger partial charge is 0.285 e. The van der Waals surface area contributed by atoms with Gasteiger partial charge in [-0.15, -0.1) is 11.6 Å². The molecule has 0 N–H and O–H groups in total. The van der Waals surface area contributed by atoms with Gasteiger partial charge in [0.1, 0.15) is 6.00 Å². The molecule has 0 unspecified atom stereocenters. The molecule has 0 amide bonds. The van der Waals surface area contributed by atoms with Crippen LogP contribution in [0.15, 0.2) is 107 Å². The fraction of sp³-hybridized carbons (Fsp3) is 0.0769. The number of allylic oxidation sites excluding steroid dienone is 5. The maximum atomic E-state index is 4.96. The van der Waals surface area contributed by atoms with Gasteiger partial charge in [0.15, 0.2) is 0 Å². The van der Waals surface area contributed by atoms with Gasteiger partial charge in [0.2, 0.25) is 0 Å². The van der Waals surface area contributed by atoms with Crippen LogP contribution in [-0.4, -0.2) is 19.4 Å². The van der Waals surface area contributed by atoms with Gasteiger partial charge >= 0.3 is 0 Å². The third kappa shape index (κ3) is 4.79. The Bertz CT molecular complexity index is 1090. The topological polar surface area (TPSA) is 24.7 Å². The lowest BCUT2D eigenvalue weighted by atomic mass is 9.92. The number of alkyl halides is 1.